The lowest BCUT2D eigenvalue weighted by Crippen LogP contribution is -2.33. The van der Waals surface area contributed by atoms with Gasteiger partial charge in [-0.2, -0.15) is 0 Å². The number of carbonyl (C=O) groups excluding carboxylic acids is 1. The molecule has 1 aromatic heterocycles. The summed E-state index contributed by atoms with van der Waals surface area (Å²) in [5, 5.41) is 4.07. The number of fused-ring (bicyclic) bond motifs is 1. The van der Waals surface area contributed by atoms with Crippen molar-refractivity contribution in [1.29, 1.82) is 0 Å². The minimum absolute atomic E-state index is 0.0375. The lowest BCUT2D eigenvalue weighted by molar-refractivity contribution is 0.0935. The number of para-hydroxylation sites is 1. The van der Waals surface area contributed by atoms with Gasteiger partial charge in [-0.15, -0.1) is 0 Å². The number of hydrogen-bond acceptors (Lipinski definition) is 2. The van der Waals surface area contributed by atoms with Gasteiger partial charge in [-0.3, -0.25) is 9.78 Å². The molecule has 0 radical (unpaired) electrons. The largest absolute Gasteiger partial charge is 0.350 e. The smallest absolute Gasteiger partial charge is 0.253 e. The minimum atomic E-state index is -0.0375. The number of rotatable bonds is 6. The van der Waals surface area contributed by atoms with Crippen molar-refractivity contribution in [3.63, 3.8) is 0 Å². The number of pyridine rings is 1. The van der Waals surface area contributed by atoms with Crippen molar-refractivity contribution in [2.45, 2.75) is 46.1 Å². The third-order valence-electron chi connectivity index (χ3n) is 3.77. The summed E-state index contributed by atoms with van der Waals surface area (Å²) in [4.78, 5) is 16.6. The second-order valence-electron chi connectivity index (χ2n) is 5.92. The molecule has 1 amide bonds. The van der Waals surface area contributed by atoms with E-state index in [4.69, 9.17) is 0 Å². The van der Waals surface area contributed by atoms with Crippen LogP contribution >= 0.6 is 0 Å². The maximum absolute atomic E-state index is 12.3. The SMILES string of the molecule is CCCC(C)CC(C)NC(=O)c1cnc2ccccc2c1. The highest BCUT2D eigenvalue weighted by Crippen LogP contribution is 2.15. The third-order valence-corrected chi connectivity index (χ3v) is 3.77. The van der Waals surface area contributed by atoms with Crippen LogP contribution in [-0.2, 0) is 0 Å². The quantitative estimate of drug-likeness (QED) is 0.864. The maximum Gasteiger partial charge on any atom is 0.253 e. The van der Waals surface area contributed by atoms with Crippen LogP contribution in [0.1, 0.15) is 50.4 Å². The van der Waals surface area contributed by atoms with Gasteiger partial charge in [0.25, 0.3) is 5.91 Å². The van der Waals surface area contributed by atoms with Crippen molar-refractivity contribution in [3.05, 3.63) is 42.1 Å². The Morgan fingerprint density at radius 3 is 2.81 bits per heavy atom. The zero-order chi connectivity index (χ0) is 15.2. The van der Waals surface area contributed by atoms with Crippen molar-refractivity contribution in [2.24, 2.45) is 5.92 Å². The molecule has 0 saturated carbocycles. The Kier molecular flexibility index (Phi) is 5.32. The van der Waals surface area contributed by atoms with Crippen LogP contribution in [0, 0.1) is 5.92 Å². The highest BCUT2D eigenvalue weighted by Gasteiger charge is 2.13. The zero-order valence-corrected chi connectivity index (χ0v) is 13.1. The molecule has 21 heavy (non-hydrogen) atoms. The molecule has 0 fully saturated rings. The number of aromatic nitrogens is 1. The number of nitrogens with zero attached hydrogens (tertiary/aromatic N) is 1. The van der Waals surface area contributed by atoms with E-state index in [1.807, 2.05) is 30.3 Å². The number of benzene rings is 1. The first kappa shape index (κ1) is 15.5. The molecule has 0 spiro atoms. The van der Waals surface area contributed by atoms with E-state index in [9.17, 15) is 4.79 Å². The van der Waals surface area contributed by atoms with E-state index in [1.54, 1.807) is 6.20 Å². The Morgan fingerprint density at radius 2 is 2.05 bits per heavy atom. The molecule has 1 aromatic carbocycles. The predicted molar refractivity (Wildman–Crippen MR) is 87.4 cm³/mol. The first-order valence-electron chi connectivity index (χ1n) is 7.75. The van der Waals surface area contributed by atoms with E-state index in [1.165, 1.54) is 12.8 Å². The summed E-state index contributed by atoms with van der Waals surface area (Å²) >= 11 is 0. The summed E-state index contributed by atoms with van der Waals surface area (Å²) in [5.74, 6) is 0.601. The summed E-state index contributed by atoms with van der Waals surface area (Å²) in [6.07, 6.45) is 5.06. The van der Waals surface area contributed by atoms with Crippen molar-refractivity contribution < 1.29 is 4.79 Å². The second kappa shape index (κ2) is 7.21. The number of hydrogen-bond donors (Lipinski definition) is 1. The van der Waals surface area contributed by atoms with Crippen LogP contribution in [0.4, 0.5) is 0 Å². The molecular weight excluding hydrogens is 260 g/mol. The average molecular weight is 284 g/mol. The molecule has 3 nitrogen and oxygen atoms in total. The fraction of sp³-hybridized carbons (Fsp3) is 0.444. The summed E-state index contributed by atoms with van der Waals surface area (Å²) in [5.41, 5.74) is 1.54. The van der Waals surface area contributed by atoms with Crippen LogP contribution in [0.2, 0.25) is 0 Å². The molecule has 1 heterocycles. The fourth-order valence-electron chi connectivity index (χ4n) is 2.78. The van der Waals surface area contributed by atoms with E-state index >= 15 is 0 Å². The van der Waals surface area contributed by atoms with E-state index in [0.717, 1.165) is 17.3 Å². The van der Waals surface area contributed by atoms with Crippen LogP contribution < -0.4 is 5.32 Å². The molecule has 112 valence electrons. The topological polar surface area (TPSA) is 42.0 Å². The van der Waals surface area contributed by atoms with Crippen LogP contribution in [0.25, 0.3) is 10.9 Å². The van der Waals surface area contributed by atoms with Gasteiger partial charge in [-0.25, -0.2) is 0 Å². The van der Waals surface area contributed by atoms with Gasteiger partial charge in [-0.05, 0) is 31.4 Å². The van der Waals surface area contributed by atoms with Crippen molar-refractivity contribution in [3.8, 4) is 0 Å². The van der Waals surface area contributed by atoms with Gasteiger partial charge in [0.15, 0.2) is 0 Å². The van der Waals surface area contributed by atoms with Crippen LogP contribution in [0.15, 0.2) is 36.5 Å². The molecule has 1 N–H and O–H groups in total. The molecule has 0 aliphatic heterocycles. The lowest BCUT2D eigenvalue weighted by Gasteiger charge is -2.18. The Hall–Kier alpha value is -1.90. The normalized spacial score (nSPS) is 13.9. The van der Waals surface area contributed by atoms with Crippen LogP contribution in [0.3, 0.4) is 0 Å². The molecule has 2 rings (SSSR count). The van der Waals surface area contributed by atoms with Gasteiger partial charge in [0, 0.05) is 17.6 Å². The molecular formula is C18H24N2O. The summed E-state index contributed by atoms with van der Waals surface area (Å²) < 4.78 is 0. The van der Waals surface area contributed by atoms with E-state index in [0.29, 0.717) is 11.5 Å². The third kappa shape index (κ3) is 4.28. The Bertz CT molecular complexity index is 609. The van der Waals surface area contributed by atoms with Gasteiger partial charge in [0.05, 0.1) is 11.1 Å². The van der Waals surface area contributed by atoms with Gasteiger partial charge >= 0.3 is 0 Å². The van der Waals surface area contributed by atoms with Gasteiger partial charge < -0.3 is 5.32 Å². The first-order valence-corrected chi connectivity index (χ1v) is 7.75. The van der Waals surface area contributed by atoms with Gasteiger partial charge in [0.2, 0.25) is 0 Å². The number of amides is 1. The molecule has 0 saturated heterocycles. The van der Waals surface area contributed by atoms with Crippen molar-refractivity contribution >= 4 is 16.8 Å². The molecule has 0 aliphatic carbocycles. The minimum Gasteiger partial charge on any atom is -0.350 e. The zero-order valence-electron chi connectivity index (χ0n) is 13.1. The fourth-order valence-corrected chi connectivity index (χ4v) is 2.78. The molecule has 3 heteroatoms. The monoisotopic (exact) mass is 284 g/mol. The highest BCUT2D eigenvalue weighted by atomic mass is 16.1. The first-order chi connectivity index (χ1) is 10.1. The number of nitrogens with one attached hydrogen (secondary N) is 1. The molecule has 2 unspecified atom stereocenters. The molecule has 0 aliphatic rings. The summed E-state index contributed by atoms with van der Waals surface area (Å²) in [6, 6.07) is 9.93. The maximum atomic E-state index is 12.3. The van der Waals surface area contributed by atoms with E-state index in [-0.39, 0.29) is 11.9 Å². The van der Waals surface area contributed by atoms with Crippen LogP contribution in [0.5, 0.6) is 0 Å². The van der Waals surface area contributed by atoms with Crippen molar-refractivity contribution in [2.75, 3.05) is 0 Å². The predicted octanol–water partition coefficient (Wildman–Crippen LogP) is 4.18. The Morgan fingerprint density at radius 1 is 1.29 bits per heavy atom. The van der Waals surface area contributed by atoms with Crippen molar-refractivity contribution in [1.82, 2.24) is 10.3 Å². The van der Waals surface area contributed by atoms with Crippen LogP contribution in [-0.4, -0.2) is 16.9 Å². The molecule has 2 atom stereocenters. The Balaban J connectivity index is 2.01. The lowest BCUT2D eigenvalue weighted by atomic mass is 9.98. The summed E-state index contributed by atoms with van der Waals surface area (Å²) in [6.45, 7) is 6.50. The Labute approximate surface area is 126 Å². The molecule has 0 bridgehead atoms. The number of carbonyl (C=O) groups is 1. The highest BCUT2D eigenvalue weighted by molar-refractivity contribution is 5.97. The second-order valence-corrected chi connectivity index (χ2v) is 5.92. The van der Waals surface area contributed by atoms with E-state index in [2.05, 4.69) is 31.1 Å². The van der Waals surface area contributed by atoms with E-state index < -0.39 is 0 Å². The standard InChI is InChI=1S/C18H24N2O/c1-4-7-13(2)10-14(3)20-18(21)16-11-15-8-5-6-9-17(15)19-12-16/h5-6,8-9,11-14H,4,7,10H2,1-3H3,(H,20,21). The molecule has 2 aromatic rings. The van der Waals surface area contributed by atoms with Gasteiger partial charge in [0.1, 0.15) is 0 Å². The van der Waals surface area contributed by atoms with Gasteiger partial charge in [-0.1, -0.05) is 44.9 Å². The average Bonchev–Trinajstić information content (AvgIpc) is 2.46. The summed E-state index contributed by atoms with van der Waals surface area (Å²) in [7, 11) is 0.